The molecule has 1 aliphatic heterocycles. The topological polar surface area (TPSA) is 59.1 Å². The minimum Gasteiger partial charge on any atom is -0.494 e. The summed E-state index contributed by atoms with van der Waals surface area (Å²) in [6, 6.07) is 7.47. The van der Waals surface area contributed by atoms with Crippen LogP contribution in [0.15, 0.2) is 24.3 Å². The predicted molar refractivity (Wildman–Crippen MR) is 105 cm³/mol. The van der Waals surface area contributed by atoms with Crippen LogP contribution < -0.4 is 4.74 Å². The molecule has 0 unspecified atom stereocenters. The molecule has 2 rings (SSSR count). The van der Waals surface area contributed by atoms with Crippen LogP contribution in [0, 0.1) is 0 Å². The number of carbonyl (C=O) groups excluding carboxylic acids is 2. The maximum Gasteiger partial charge on any atom is 0.302 e. The Hall–Kier alpha value is -1.92. The molecule has 1 heterocycles. The van der Waals surface area contributed by atoms with Crippen LogP contribution in [0.1, 0.15) is 43.5 Å². The number of Topliss-reactive ketones (excluding diaryl/α,β-unsaturated/α-hetero) is 1. The second-order valence-corrected chi connectivity index (χ2v) is 6.92. The van der Waals surface area contributed by atoms with Gasteiger partial charge in [0.25, 0.3) is 0 Å². The van der Waals surface area contributed by atoms with Crippen molar-refractivity contribution in [3.63, 3.8) is 0 Å². The third-order valence-electron chi connectivity index (χ3n) is 4.78. The first-order chi connectivity index (χ1) is 13.1. The molecule has 1 aliphatic rings. The van der Waals surface area contributed by atoms with Gasteiger partial charge >= 0.3 is 5.97 Å². The fourth-order valence-electron chi connectivity index (χ4n) is 3.03. The lowest BCUT2D eigenvalue weighted by molar-refractivity contribution is -0.141. The van der Waals surface area contributed by atoms with Gasteiger partial charge in [-0.3, -0.25) is 14.5 Å². The number of unbranched alkanes of at least 4 members (excludes halogenated alkanes) is 1. The maximum absolute atomic E-state index is 12.4. The Morgan fingerprint density at radius 3 is 2.19 bits per heavy atom. The predicted octanol–water partition coefficient (Wildman–Crippen LogP) is 2.62. The van der Waals surface area contributed by atoms with Crippen molar-refractivity contribution >= 4 is 11.8 Å². The average Bonchev–Trinajstić information content (AvgIpc) is 2.67. The number of ether oxygens (including phenoxy) is 2. The van der Waals surface area contributed by atoms with E-state index in [1.807, 2.05) is 24.3 Å². The van der Waals surface area contributed by atoms with E-state index in [1.54, 1.807) is 0 Å². The van der Waals surface area contributed by atoms with Crippen LogP contribution in [0.5, 0.6) is 5.75 Å². The zero-order valence-electron chi connectivity index (χ0n) is 16.6. The first-order valence-electron chi connectivity index (χ1n) is 9.92. The monoisotopic (exact) mass is 376 g/mol. The fraction of sp³-hybridized carbons (Fsp3) is 0.619. The Morgan fingerprint density at radius 2 is 1.59 bits per heavy atom. The van der Waals surface area contributed by atoms with Gasteiger partial charge in [-0.05, 0) is 30.7 Å². The quantitative estimate of drug-likeness (QED) is 0.336. The minimum atomic E-state index is -0.229. The van der Waals surface area contributed by atoms with Gasteiger partial charge in [-0.2, -0.15) is 0 Å². The number of piperazine rings is 1. The number of carbonyl (C=O) groups is 2. The average molecular weight is 376 g/mol. The smallest absolute Gasteiger partial charge is 0.302 e. The summed E-state index contributed by atoms with van der Waals surface area (Å²) in [5.74, 6) is 0.768. The Bertz CT molecular complexity index is 580. The highest BCUT2D eigenvalue weighted by atomic mass is 16.5. The van der Waals surface area contributed by atoms with Gasteiger partial charge < -0.3 is 14.4 Å². The third kappa shape index (κ3) is 8.10. The van der Waals surface area contributed by atoms with Crippen molar-refractivity contribution in [2.24, 2.45) is 0 Å². The Kier molecular flexibility index (Phi) is 9.28. The van der Waals surface area contributed by atoms with Crippen molar-refractivity contribution in [1.29, 1.82) is 0 Å². The zero-order valence-corrected chi connectivity index (χ0v) is 16.6. The van der Waals surface area contributed by atoms with E-state index in [4.69, 9.17) is 9.47 Å². The number of hydrogen-bond acceptors (Lipinski definition) is 6. The van der Waals surface area contributed by atoms with Crippen LogP contribution in [0.3, 0.4) is 0 Å². The van der Waals surface area contributed by atoms with E-state index in [0.29, 0.717) is 13.0 Å². The molecule has 27 heavy (non-hydrogen) atoms. The van der Waals surface area contributed by atoms with E-state index in [0.717, 1.165) is 70.0 Å². The highest BCUT2D eigenvalue weighted by Gasteiger charge is 2.17. The van der Waals surface area contributed by atoms with Crippen molar-refractivity contribution in [2.45, 2.75) is 33.1 Å². The molecule has 1 fully saturated rings. The van der Waals surface area contributed by atoms with Gasteiger partial charge in [0.2, 0.25) is 0 Å². The summed E-state index contributed by atoms with van der Waals surface area (Å²) < 4.78 is 10.6. The molecular weight excluding hydrogens is 344 g/mol. The van der Waals surface area contributed by atoms with Crippen LogP contribution >= 0.6 is 0 Å². The van der Waals surface area contributed by atoms with E-state index in [-0.39, 0.29) is 11.8 Å². The number of esters is 1. The number of nitrogens with zero attached hydrogens (tertiary/aromatic N) is 2. The fourth-order valence-corrected chi connectivity index (χ4v) is 3.03. The molecule has 1 saturated heterocycles. The summed E-state index contributed by atoms with van der Waals surface area (Å²) in [6.45, 7) is 10.1. The molecule has 1 aromatic rings. The lowest BCUT2D eigenvalue weighted by atomic mass is 10.1. The summed E-state index contributed by atoms with van der Waals surface area (Å²) >= 11 is 0. The van der Waals surface area contributed by atoms with Crippen LogP contribution in [0.2, 0.25) is 0 Å². The van der Waals surface area contributed by atoms with Crippen molar-refractivity contribution in [3.8, 4) is 5.75 Å². The minimum absolute atomic E-state index is 0.174. The lowest BCUT2D eigenvalue weighted by Crippen LogP contribution is -2.47. The first-order valence-corrected chi connectivity index (χ1v) is 9.92. The summed E-state index contributed by atoms with van der Waals surface area (Å²) in [4.78, 5) is 27.8. The summed E-state index contributed by atoms with van der Waals surface area (Å²) in [5.41, 5.74) is 0.748. The number of rotatable bonds is 11. The third-order valence-corrected chi connectivity index (χ3v) is 4.78. The molecule has 6 heteroatoms. The molecule has 0 aromatic heterocycles. The van der Waals surface area contributed by atoms with Crippen molar-refractivity contribution in [2.75, 3.05) is 52.5 Å². The Morgan fingerprint density at radius 1 is 0.963 bits per heavy atom. The van der Waals surface area contributed by atoms with Crippen LogP contribution in [-0.2, 0) is 9.53 Å². The number of hydrogen-bond donors (Lipinski definition) is 0. The van der Waals surface area contributed by atoms with Gasteiger partial charge in [0, 0.05) is 58.2 Å². The van der Waals surface area contributed by atoms with Crippen LogP contribution in [0.4, 0.5) is 0 Å². The molecule has 0 N–H and O–H groups in total. The maximum atomic E-state index is 12.4. The number of benzene rings is 1. The van der Waals surface area contributed by atoms with Gasteiger partial charge in [0.1, 0.15) is 12.4 Å². The molecule has 0 amide bonds. The zero-order chi connectivity index (χ0) is 19.5. The van der Waals surface area contributed by atoms with Gasteiger partial charge in [-0.15, -0.1) is 0 Å². The van der Waals surface area contributed by atoms with Crippen molar-refractivity contribution < 1.29 is 19.1 Å². The Labute approximate surface area is 162 Å². The first kappa shape index (κ1) is 21.4. The molecule has 0 spiro atoms. The van der Waals surface area contributed by atoms with E-state index >= 15 is 0 Å². The highest BCUT2D eigenvalue weighted by Crippen LogP contribution is 2.14. The molecule has 150 valence electrons. The highest BCUT2D eigenvalue weighted by molar-refractivity contribution is 5.96. The molecule has 0 saturated carbocycles. The Balaban J connectivity index is 1.65. The van der Waals surface area contributed by atoms with E-state index in [9.17, 15) is 9.59 Å². The van der Waals surface area contributed by atoms with Gasteiger partial charge in [-0.25, -0.2) is 0 Å². The van der Waals surface area contributed by atoms with E-state index in [2.05, 4.69) is 16.7 Å². The van der Waals surface area contributed by atoms with Crippen LogP contribution in [0.25, 0.3) is 0 Å². The summed E-state index contributed by atoms with van der Waals surface area (Å²) in [5, 5.41) is 0. The van der Waals surface area contributed by atoms with Crippen molar-refractivity contribution in [3.05, 3.63) is 29.8 Å². The number of ketones is 1. The molecular formula is C21H32N2O4. The van der Waals surface area contributed by atoms with E-state index < -0.39 is 0 Å². The van der Waals surface area contributed by atoms with E-state index in [1.165, 1.54) is 6.92 Å². The second-order valence-electron chi connectivity index (χ2n) is 6.92. The molecule has 1 aromatic carbocycles. The molecule has 0 atom stereocenters. The second kappa shape index (κ2) is 11.7. The van der Waals surface area contributed by atoms with Crippen molar-refractivity contribution in [1.82, 2.24) is 9.80 Å². The largest absolute Gasteiger partial charge is 0.494 e. The molecule has 0 aliphatic carbocycles. The molecule has 0 bridgehead atoms. The molecule has 6 nitrogen and oxygen atoms in total. The summed E-state index contributed by atoms with van der Waals surface area (Å²) in [7, 11) is 0. The molecule has 0 radical (unpaired) electrons. The standard InChI is InChI=1S/C21H32N2O4/c1-3-4-16-27-20-7-5-19(6-8-20)21(25)9-10-22-11-13-23(14-12-22)15-17-26-18(2)24/h5-8H,3-4,9-17H2,1-2H3. The van der Waals surface area contributed by atoms with Gasteiger partial charge in [0.05, 0.1) is 6.61 Å². The van der Waals surface area contributed by atoms with Gasteiger partial charge in [-0.1, -0.05) is 13.3 Å². The summed E-state index contributed by atoms with van der Waals surface area (Å²) in [6.07, 6.45) is 2.68. The van der Waals surface area contributed by atoms with Crippen LogP contribution in [-0.4, -0.2) is 74.0 Å². The van der Waals surface area contributed by atoms with Gasteiger partial charge in [0.15, 0.2) is 5.78 Å². The lowest BCUT2D eigenvalue weighted by Gasteiger charge is -2.34. The SMILES string of the molecule is CCCCOc1ccc(C(=O)CCN2CCN(CCOC(C)=O)CC2)cc1. The normalized spacial score (nSPS) is 15.5.